The van der Waals surface area contributed by atoms with E-state index < -0.39 is 19.8 Å². The van der Waals surface area contributed by atoms with Crippen LogP contribution >= 0.6 is 0 Å². The first-order valence-electron chi connectivity index (χ1n) is 8.19. The molecule has 1 heterocycles. The van der Waals surface area contributed by atoms with Crippen molar-refractivity contribution in [3.8, 4) is 0 Å². The number of nitrogens with zero attached hydrogens (tertiary/aromatic N) is 1. The zero-order valence-electron chi connectivity index (χ0n) is 16.0. The summed E-state index contributed by atoms with van der Waals surface area (Å²) in [5, 5.41) is 3.08. The molecule has 138 valence electrons. The standard InChI is InChI=1S/C19H27NO3S2/c1-14-8-10-15(11-9-14)25(22,23)20-24(21)12-16(18(2,3)4)17(13-24)19(5,6)7/h8-13H,1-7H3. The molecule has 0 fully saturated rings. The average Bonchev–Trinajstić information content (AvgIpc) is 2.76. The summed E-state index contributed by atoms with van der Waals surface area (Å²) in [6.07, 6.45) is 0. The van der Waals surface area contributed by atoms with Crippen LogP contribution in [-0.4, -0.2) is 12.6 Å². The number of benzene rings is 1. The van der Waals surface area contributed by atoms with Gasteiger partial charge in [0.15, 0.2) is 0 Å². The molecule has 0 unspecified atom stereocenters. The van der Waals surface area contributed by atoms with Crippen LogP contribution in [0.2, 0.25) is 0 Å². The molecule has 0 saturated heterocycles. The van der Waals surface area contributed by atoms with E-state index in [-0.39, 0.29) is 15.7 Å². The van der Waals surface area contributed by atoms with Gasteiger partial charge in [0, 0.05) is 10.8 Å². The second-order valence-corrected chi connectivity index (χ2v) is 12.3. The molecule has 1 aromatic carbocycles. The average molecular weight is 382 g/mol. The topological polar surface area (TPSA) is 63.6 Å². The van der Waals surface area contributed by atoms with Gasteiger partial charge in [0.05, 0.1) is 4.90 Å². The highest BCUT2D eigenvalue weighted by molar-refractivity contribution is 8.06. The number of sulfonamides is 1. The fraction of sp³-hybridized carbons (Fsp3) is 0.474. The molecule has 0 radical (unpaired) electrons. The van der Waals surface area contributed by atoms with E-state index in [1.807, 2.05) is 48.5 Å². The van der Waals surface area contributed by atoms with Gasteiger partial charge in [0.1, 0.15) is 9.73 Å². The zero-order chi connectivity index (χ0) is 19.3. The number of allylic oxidation sites excluding steroid dienone is 2. The fourth-order valence-corrected chi connectivity index (χ4v) is 6.71. The Balaban J connectivity index is 2.67. The van der Waals surface area contributed by atoms with E-state index in [0.29, 0.717) is 0 Å². The van der Waals surface area contributed by atoms with Crippen LogP contribution in [0.15, 0.2) is 54.9 Å². The Bertz CT molecular complexity index is 923. The van der Waals surface area contributed by atoms with Gasteiger partial charge in [-0.25, -0.2) is 4.21 Å². The van der Waals surface area contributed by atoms with Crippen LogP contribution in [0.25, 0.3) is 0 Å². The molecule has 0 saturated carbocycles. The highest BCUT2D eigenvalue weighted by Gasteiger charge is 2.35. The van der Waals surface area contributed by atoms with Crippen molar-refractivity contribution < 1.29 is 12.6 Å². The quantitative estimate of drug-likeness (QED) is 0.722. The van der Waals surface area contributed by atoms with Crippen LogP contribution in [0.3, 0.4) is 0 Å². The van der Waals surface area contributed by atoms with Gasteiger partial charge in [0.2, 0.25) is 0 Å². The van der Waals surface area contributed by atoms with Crippen LogP contribution in [0.4, 0.5) is 0 Å². The molecule has 0 spiro atoms. The van der Waals surface area contributed by atoms with Gasteiger partial charge in [-0.15, -0.1) is 0 Å². The van der Waals surface area contributed by atoms with Crippen LogP contribution in [-0.2, 0) is 19.8 Å². The zero-order valence-corrected chi connectivity index (χ0v) is 17.6. The number of rotatable bonds is 2. The molecule has 0 N–H and O–H groups in total. The van der Waals surface area contributed by atoms with Gasteiger partial charge in [-0.1, -0.05) is 63.0 Å². The maximum absolute atomic E-state index is 13.3. The van der Waals surface area contributed by atoms with E-state index in [9.17, 15) is 12.6 Å². The molecule has 0 aliphatic carbocycles. The second kappa shape index (κ2) is 6.09. The van der Waals surface area contributed by atoms with Crippen molar-refractivity contribution in [3.63, 3.8) is 0 Å². The largest absolute Gasteiger partial charge is 0.290 e. The molecule has 0 amide bonds. The maximum atomic E-state index is 13.3. The van der Waals surface area contributed by atoms with E-state index in [1.54, 1.807) is 22.9 Å². The maximum Gasteiger partial charge on any atom is 0.290 e. The van der Waals surface area contributed by atoms with E-state index in [1.165, 1.54) is 12.1 Å². The molecular formula is C19H27NO3S2. The van der Waals surface area contributed by atoms with Crippen molar-refractivity contribution in [1.29, 1.82) is 0 Å². The van der Waals surface area contributed by atoms with Crippen LogP contribution in [0, 0.1) is 17.8 Å². The molecule has 2 rings (SSSR count). The third-order valence-corrected chi connectivity index (χ3v) is 7.74. The van der Waals surface area contributed by atoms with Gasteiger partial charge in [-0.3, -0.25) is 0 Å². The Hall–Kier alpha value is -1.40. The van der Waals surface area contributed by atoms with Gasteiger partial charge in [-0.05, 0) is 41.0 Å². The predicted molar refractivity (Wildman–Crippen MR) is 104 cm³/mol. The molecular weight excluding hydrogens is 354 g/mol. The Labute approximate surface area is 152 Å². The van der Waals surface area contributed by atoms with Gasteiger partial charge in [-0.2, -0.15) is 8.42 Å². The first-order chi connectivity index (χ1) is 11.1. The minimum absolute atomic E-state index is 0.0594. The summed E-state index contributed by atoms with van der Waals surface area (Å²) in [6, 6.07) is 6.40. The Morgan fingerprint density at radius 3 is 1.60 bits per heavy atom. The molecule has 6 heteroatoms. The molecule has 0 atom stereocenters. The summed E-state index contributed by atoms with van der Waals surface area (Å²) in [6.45, 7) is 14.0. The molecule has 1 aliphatic rings. The predicted octanol–water partition coefficient (Wildman–Crippen LogP) is 5.03. The highest BCUT2D eigenvalue weighted by Crippen LogP contribution is 2.45. The molecule has 4 nitrogen and oxygen atoms in total. The van der Waals surface area contributed by atoms with Crippen molar-refractivity contribution >= 4 is 19.8 Å². The highest BCUT2D eigenvalue weighted by atomic mass is 32.3. The van der Waals surface area contributed by atoms with Gasteiger partial charge >= 0.3 is 0 Å². The molecule has 0 bridgehead atoms. The molecule has 1 aliphatic heterocycles. The minimum Gasteiger partial charge on any atom is -0.240 e. The van der Waals surface area contributed by atoms with Crippen LogP contribution < -0.4 is 0 Å². The fourth-order valence-electron chi connectivity index (χ4n) is 2.61. The summed E-state index contributed by atoms with van der Waals surface area (Å²) in [5.41, 5.74) is 2.25. The van der Waals surface area contributed by atoms with Crippen molar-refractivity contribution in [3.05, 3.63) is 51.8 Å². The second-order valence-electron chi connectivity index (χ2n) is 8.54. The van der Waals surface area contributed by atoms with Crippen LogP contribution in [0.1, 0.15) is 47.1 Å². The van der Waals surface area contributed by atoms with Crippen molar-refractivity contribution in [2.45, 2.75) is 53.4 Å². The first-order valence-corrected chi connectivity index (χ1v) is 11.3. The lowest BCUT2D eigenvalue weighted by molar-refractivity contribution is 0.449. The Morgan fingerprint density at radius 2 is 1.24 bits per heavy atom. The van der Waals surface area contributed by atoms with E-state index in [0.717, 1.165) is 16.7 Å². The molecule has 0 aromatic heterocycles. The molecule has 1 aromatic rings. The first kappa shape index (κ1) is 19.9. The summed E-state index contributed by atoms with van der Waals surface area (Å²) in [4.78, 5) is 0.0594. The van der Waals surface area contributed by atoms with E-state index >= 15 is 0 Å². The smallest absolute Gasteiger partial charge is 0.240 e. The lowest BCUT2D eigenvalue weighted by Crippen LogP contribution is -2.18. The lowest BCUT2D eigenvalue weighted by Gasteiger charge is -2.30. The number of hydrogen-bond acceptors (Lipinski definition) is 3. The third kappa shape index (κ3) is 4.42. The summed E-state index contributed by atoms with van der Waals surface area (Å²) in [5.74, 6) is 0. The number of aryl methyl sites for hydroxylation is 1. The van der Waals surface area contributed by atoms with Crippen molar-refractivity contribution in [2.24, 2.45) is 14.6 Å². The number of hydrogen-bond donors (Lipinski definition) is 0. The summed E-state index contributed by atoms with van der Waals surface area (Å²) < 4.78 is 42.3. The van der Waals surface area contributed by atoms with Gasteiger partial charge in [0.25, 0.3) is 10.0 Å². The SMILES string of the molecule is Cc1ccc(S(=O)(=O)N=S2(=O)C=C(C(C)(C)C)C(C(C)(C)C)=C2)cc1. The summed E-state index contributed by atoms with van der Waals surface area (Å²) >= 11 is 0. The lowest BCUT2D eigenvalue weighted by atomic mass is 9.74. The van der Waals surface area contributed by atoms with E-state index in [2.05, 4.69) is 3.77 Å². The normalized spacial score (nSPS) is 17.9. The van der Waals surface area contributed by atoms with Crippen molar-refractivity contribution in [1.82, 2.24) is 0 Å². The Kier molecular flexibility index (Phi) is 4.85. The Morgan fingerprint density at radius 1 is 0.840 bits per heavy atom. The van der Waals surface area contributed by atoms with Crippen molar-refractivity contribution in [2.75, 3.05) is 0 Å². The van der Waals surface area contributed by atoms with Gasteiger partial charge < -0.3 is 0 Å². The summed E-state index contributed by atoms with van der Waals surface area (Å²) in [7, 11) is -7.12. The van der Waals surface area contributed by atoms with E-state index in [4.69, 9.17) is 0 Å². The third-order valence-electron chi connectivity index (χ3n) is 4.01. The minimum atomic E-state index is -4.00. The van der Waals surface area contributed by atoms with Crippen LogP contribution in [0.5, 0.6) is 0 Å². The monoisotopic (exact) mass is 381 g/mol. The molecule has 25 heavy (non-hydrogen) atoms.